The number of H-pyrrole nitrogens is 3. The molecule has 0 bridgehead atoms. The molecule has 3 heterocycles. The van der Waals surface area contributed by atoms with Crippen LogP contribution in [0, 0.1) is 0 Å². The maximum Gasteiger partial charge on any atom is 0.0459 e. The molecule has 3 heteroatoms. The van der Waals surface area contributed by atoms with E-state index in [4.69, 9.17) is 0 Å². The lowest BCUT2D eigenvalue weighted by atomic mass is 9.77. The summed E-state index contributed by atoms with van der Waals surface area (Å²) in [5.41, 5.74) is 9.43. The zero-order valence-corrected chi connectivity index (χ0v) is 18.6. The molecule has 0 radical (unpaired) electrons. The average molecular weight is 430 g/mol. The van der Waals surface area contributed by atoms with Gasteiger partial charge < -0.3 is 15.0 Å². The summed E-state index contributed by atoms with van der Waals surface area (Å²) in [4.78, 5) is 11.0. The summed E-state index contributed by atoms with van der Waals surface area (Å²) in [6, 6.07) is 26.3. The Bertz CT molecular complexity index is 1600. The maximum absolute atomic E-state index is 3.90. The number of rotatable bonds is 2. The number of aromatic amines is 3. The highest BCUT2D eigenvalue weighted by molar-refractivity contribution is 5.90. The molecule has 0 unspecified atom stereocenters. The quantitative estimate of drug-likeness (QED) is 0.250. The van der Waals surface area contributed by atoms with Crippen molar-refractivity contribution in [2.75, 3.05) is 0 Å². The van der Waals surface area contributed by atoms with Crippen molar-refractivity contribution >= 4 is 32.7 Å². The predicted octanol–water partition coefficient (Wildman–Crippen LogP) is 7.97. The molecule has 7 rings (SSSR count). The van der Waals surface area contributed by atoms with Crippen LogP contribution in [0.25, 0.3) is 32.7 Å². The van der Waals surface area contributed by atoms with Gasteiger partial charge >= 0.3 is 0 Å². The Hall–Kier alpha value is -3.72. The molecule has 162 valence electrons. The number of hydrogen-bond acceptors (Lipinski definition) is 0. The van der Waals surface area contributed by atoms with Gasteiger partial charge in [-0.2, -0.15) is 0 Å². The second-order valence-electron chi connectivity index (χ2n) is 9.47. The fourth-order valence-electron chi connectivity index (χ4n) is 6.21. The lowest BCUT2D eigenvalue weighted by Crippen LogP contribution is -2.12. The van der Waals surface area contributed by atoms with Crippen LogP contribution in [0.15, 0.2) is 85.2 Å². The van der Waals surface area contributed by atoms with Gasteiger partial charge in [-0.1, -0.05) is 67.4 Å². The Kier molecular flexibility index (Phi) is 4.23. The first-order valence-electron chi connectivity index (χ1n) is 12.1. The fourth-order valence-corrected chi connectivity index (χ4v) is 6.21. The molecule has 6 aromatic rings. The van der Waals surface area contributed by atoms with Crippen LogP contribution < -0.4 is 0 Å². The SMILES string of the molecule is c1ccc2c([C@H]3CCCC[C@@H](c4c[nH]c5ccccc45)c4c3[nH]c3ccccc43)c[nH]c2c1. The zero-order chi connectivity index (χ0) is 21.8. The van der Waals surface area contributed by atoms with Crippen LogP contribution in [0.2, 0.25) is 0 Å². The summed E-state index contributed by atoms with van der Waals surface area (Å²) in [7, 11) is 0. The largest absolute Gasteiger partial charge is 0.361 e. The summed E-state index contributed by atoms with van der Waals surface area (Å²) < 4.78 is 0. The molecule has 0 spiro atoms. The smallest absolute Gasteiger partial charge is 0.0459 e. The van der Waals surface area contributed by atoms with E-state index in [1.54, 1.807) is 0 Å². The third-order valence-electron chi connectivity index (χ3n) is 7.70. The van der Waals surface area contributed by atoms with Crippen molar-refractivity contribution < 1.29 is 0 Å². The number of hydrogen-bond donors (Lipinski definition) is 3. The minimum absolute atomic E-state index is 0.358. The van der Waals surface area contributed by atoms with E-state index >= 15 is 0 Å². The normalized spacial score (nSPS) is 19.0. The van der Waals surface area contributed by atoms with Gasteiger partial charge in [-0.3, -0.25) is 0 Å². The molecular formula is C30H27N3. The lowest BCUT2D eigenvalue weighted by molar-refractivity contribution is 0.546. The van der Waals surface area contributed by atoms with Crippen molar-refractivity contribution in [3.63, 3.8) is 0 Å². The monoisotopic (exact) mass is 429 g/mol. The summed E-state index contributed by atoms with van der Waals surface area (Å²) in [5.74, 6) is 0.733. The zero-order valence-electron chi connectivity index (χ0n) is 18.6. The molecule has 3 nitrogen and oxygen atoms in total. The molecule has 0 saturated heterocycles. The van der Waals surface area contributed by atoms with Crippen LogP contribution >= 0.6 is 0 Å². The molecule has 0 saturated carbocycles. The molecule has 1 aliphatic carbocycles. The van der Waals surface area contributed by atoms with E-state index in [0.717, 1.165) is 0 Å². The molecule has 33 heavy (non-hydrogen) atoms. The van der Waals surface area contributed by atoms with Crippen molar-refractivity contribution in [1.29, 1.82) is 0 Å². The summed E-state index contributed by atoms with van der Waals surface area (Å²) in [5, 5.41) is 4.06. The van der Waals surface area contributed by atoms with Crippen LogP contribution in [-0.4, -0.2) is 15.0 Å². The van der Waals surface area contributed by atoms with Gasteiger partial charge in [0.05, 0.1) is 0 Å². The van der Waals surface area contributed by atoms with Crippen molar-refractivity contribution in [1.82, 2.24) is 15.0 Å². The van der Waals surface area contributed by atoms with E-state index in [9.17, 15) is 0 Å². The Morgan fingerprint density at radius 2 is 1.06 bits per heavy atom. The van der Waals surface area contributed by atoms with Crippen LogP contribution in [-0.2, 0) is 0 Å². The van der Waals surface area contributed by atoms with Gasteiger partial charge in [-0.15, -0.1) is 0 Å². The number of fused-ring (bicyclic) bond motifs is 5. The second kappa shape index (κ2) is 7.41. The van der Waals surface area contributed by atoms with Gasteiger partial charge in [0, 0.05) is 62.6 Å². The minimum atomic E-state index is 0.358. The van der Waals surface area contributed by atoms with Crippen molar-refractivity contribution in [3.8, 4) is 0 Å². The standard InChI is InChI=1S/C30H27N3/c1-2-12-22(25-18-32-27-15-7-4-10-20(25)27)30-29(23-13-5-8-16-28(23)33-30)21(11-1)24-17-31-26-14-6-3-9-19(24)26/h3-10,13-18,21-22,31-33H,1-2,11-12H2/t21-,22+/m0/s1. The minimum Gasteiger partial charge on any atom is -0.361 e. The van der Waals surface area contributed by atoms with Gasteiger partial charge in [0.2, 0.25) is 0 Å². The van der Waals surface area contributed by atoms with Crippen LogP contribution in [0.1, 0.15) is 59.9 Å². The summed E-state index contributed by atoms with van der Waals surface area (Å²) >= 11 is 0. The van der Waals surface area contributed by atoms with E-state index in [2.05, 4.69) is 100 Å². The fraction of sp³-hybridized carbons (Fsp3) is 0.200. The molecule has 0 fully saturated rings. The number of nitrogens with one attached hydrogen (secondary N) is 3. The van der Waals surface area contributed by atoms with Gasteiger partial charge in [0.25, 0.3) is 0 Å². The molecule has 3 N–H and O–H groups in total. The van der Waals surface area contributed by atoms with Crippen LogP contribution in [0.4, 0.5) is 0 Å². The molecular weight excluding hydrogens is 402 g/mol. The summed E-state index contributed by atoms with van der Waals surface area (Å²) in [6.07, 6.45) is 9.31. The number of para-hydroxylation sites is 3. The first kappa shape index (κ1) is 18.8. The van der Waals surface area contributed by atoms with Gasteiger partial charge in [-0.05, 0) is 47.7 Å². The Labute approximate surface area is 192 Å². The van der Waals surface area contributed by atoms with E-state index in [-0.39, 0.29) is 0 Å². The first-order chi connectivity index (χ1) is 16.4. The Balaban J connectivity index is 1.50. The number of benzene rings is 3. The van der Waals surface area contributed by atoms with Crippen molar-refractivity contribution in [2.24, 2.45) is 0 Å². The molecule has 3 aromatic heterocycles. The molecule has 0 amide bonds. The van der Waals surface area contributed by atoms with E-state index in [1.165, 1.54) is 80.8 Å². The average Bonchev–Trinajstić information content (AvgIpc) is 3.56. The first-order valence-corrected chi connectivity index (χ1v) is 12.1. The van der Waals surface area contributed by atoms with E-state index in [0.29, 0.717) is 11.8 Å². The summed E-state index contributed by atoms with van der Waals surface area (Å²) in [6.45, 7) is 0. The topological polar surface area (TPSA) is 47.4 Å². The maximum atomic E-state index is 3.90. The molecule has 1 aliphatic rings. The van der Waals surface area contributed by atoms with Gasteiger partial charge in [0.15, 0.2) is 0 Å². The van der Waals surface area contributed by atoms with Crippen LogP contribution in [0.3, 0.4) is 0 Å². The highest BCUT2D eigenvalue weighted by Gasteiger charge is 2.31. The van der Waals surface area contributed by atoms with Crippen LogP contribution in [0.5, 0.6) is 0 Å². The van der Waals surface area contributed by atoms with Crippen molar-refractivity contribution in [2.45, 2.75) is 37.5 Å². The molecule has 3 aromatic carbocycles. The second-order valence-corrected chi connectivity index (χ2v) is 9.47. The predicted molar refractivity (Wildman–Crippen MR) is 137 cm³/mol. The van der Waals surface area contributed by atoms with E-state index < -0.39 is 0 Å². The van der Waals surface area contributed by atoms with Gasteiger partial charge in [-0.25, -0.2) is 0 Å². The Morgan fingerprint density at radius 3 is 1.73 bits per heavy atom. The van der Waals surface area contributed by atoms with E-state index in [1.807, 2.05) is 0 Å². The third kappa shape index (κ3) is 2.88. The van der Waals surface area contributed by atoms with Crippen molar-refractivity contribution in [3.05, 3.63) is 108 Å². The highest BCUT2D eigenvalue weighted by Crippen LogP contribution is 2.47. The Morgan fingerprint density at radius 1 is 0.545 bits per heavy atom. The molecule has 0 aliphatic heterocycles. The molecule has 2 atom stereocenters. The lowest BCUT2D eigenvalue weighted by Gasteiger charge is -2.26. The third-order valence-corrected chi connectivity index (χ3v) is 7.70. The highest BCUT2D eigenvalue weighted by atomic mass is 14.8. The number of aromatic nitrogens is 3. The van der Waals surface area contributed by atoms with Gasteiger partial charge in [0.1, 0.15) is 0 Å².